The summed E-state index contributed by atoms with van der Waals surface area (Å²) in [5.74, 6) is -4.14. The summed E-state index contributed by atoms with van der Waals surface area (Å²) in [4.78, 5) is 3.06. The van der Waals surface area contributed by atoms with Crippen molar-refractivity contribution in [2.75, 3.05) is 6.67 Å². The summed E-state index contributed by atoms with van der Waals surface area (Å²) in [6.07, 6.45) is 0.186. The zero-order chi connectivity index (χ0) is 35.9. The van der Waals surface area contributed by atoms with Gasteiger partial charge in [0, 0.05) is 28.9 Å². The van der Waals surface area contributed by atoms with Gasteiger partial charge in [-0.2, -0.15) is 5.26 Å². The lowest BCUT2D eigenvalue weighted by Gasteiger charge is -2.11. The van der Waals surface area contributed by atoms with Gasteiger partial charge in [-0.15, -0.1) is 0 Å². The van der Waals surface area contributed by atoms with Crippen LogP contribution in [-0.4, -0.2) is 6.67 Å². The molecule has 0 unspecified atom stereocenters. The van der Waals surface area contributed by atoms with Crippen LogP contribution in [0.5, 0.6) is 0 Å². The standard InChI is InChI=1S/C39H20F6N2.CH6N2/c1-47-39-13-8-27(20-38(39)45)32-12-7-26(19-37(32)44)30-10-3-23(16-35(30)42)14-22-2-9-29(34(41)15-22)25-6-11-31(36(43)18-25)24-4-5-28(21-46)33(40)17-24;2-1-3/h2-13,15-20H,14H2;1-3H2. The van der Waals surface area contributed by atoms with Crippen LogP contribution in [0.2, 0.25) is 0 Å². The van der Waals surface area contributed by atoms with E-state index in [1.54, 1.807) is 18.2 Å². The van der Waals surface area contributed by atoms with Crippen LogP contribution in [0.1, 0.15) is 16.7 Å². The van der Waals surface area contributed by atoms with Crippen molar-refractivity contribution in [1.82, 2.24) is 0 Å². The van der Waals surface area contributed by atoms with Crippen molar-refractivity contribution in [2.24, 2.45) is 11.5 Å². The highest BCUT2D eigenvalue weighted by Crippen LogP contribution is 2.34. The summed E-state index contributed by atoms with van der Waals surface area (Å²) in [6, 6.07) is 26.3. The van der Waals surface area contributed by atoms with E-state index < -0.39 is 34.9 Å². The van der Waals surface area contributed by atoms with Crippen LogP contribution in [0.15, 0.2) is 109 Å². The Morgan fingerprint density at radius 3 is 1.22 bits per heavy atom. The van der Waals surface area contributed by atoms with Crippen LogP contribution < -0.4 is 11.5 Å². The smallest absolute Gasteiger partial charge is 0.222 e. The maximum atomic E-state index is 15.2. The molecular formula is C40H26F6N4. The second-order valence-electron chi connectivity index (χ2n) is 11.0. The topological polar surface area (TPSA) is 80.2 Å². The van der Waals surface area contributed by atoms with E-state index in [1.165, 1.54) is 72.8 Å². The quantitative estimate of drug-likeness (QED) is 0.105. The Bertz CT molecular complexity index is 2150. The average molecular weight is 677 g/mol. The first kappa shape index (κ1) is 35.1. The van der Waals surface area contributed by atoms with E-state index in [9.17, 15) is 13.2 Å². The molecule has 0 radical (unpaired) electrons. The summed E-state index contributed by atoms with van der Waals surface area (Å²) >= 11 is 0. The molecule has 0 aliphatic heterocycles. The number of nitriles is 1. The second kappa shape index (κ2) is 15.3. The third kappa shape index (κ3) is 7.58. The molecule has 0 aliphatic carbocycles. The fourth-order valence-corrected chi connectivity index (χ4v) is 5.41. The van der Waals surface area contributed by atoms with Gasteiger partial charge in [-0.25, -0.2) is 31.2 Å². The SMILES string of the molecule is NCN.[C-]#[N+]c1ccc(-c2ccc(-c3ccc(Cc4ccc(-c5ccc(-c6ccc(C#N)c(F)c6)c(F)c5)c(F)c4)cc3F)cc2F)cc1F. The zero-order valence-corrected chi connectivity index (χ0v) is 26.1. The number of rotatable bonds is 6. The Balaban J connectivity index is 0.00000156. The van der Waals surface area contributed by atoms with Crippen molar-refractivity contribution in [3.05, 3.63) is 172 Å². The Kier molecular flexibility index (Phi) is 10.8. The molecule has 0 saturated carbocycles. The lowest BCUT2D eigenvalue weighted by molar-refractivity contribution is 0.621. The minimum absolute atomic E-state index is 0.0981. The van der Waals surface area contributed by atoms with Crippen molar-refractivity contribution >= 4 is 5.69 Å². The minimum atomic E-state index is -0.771. The first-order valence-corrected chi connectivity index (χ1v) is 15.0. The Morgan fingerprint density at radius 1 is 0.500 bits per heavy atom. The number of nitrogens with two attached hydrogens (primary N) is 2. The molecule has 50 heavy (non-hydrogen) atoms. The van der Waals surface area contributed by atoms with E-state index in [4.69, 9.17) is 11.8 Å². The maximum Gasteiger partial charge on any atom is 0.222 e. The van der Waals surface area contributed by atoms with Crippen LogP contribution in [-0.2, 0) is 6.42 Å². The average Bonchev–Trinajstić information content (AvgIpc) is 3.08. The lowest BCUT2D eigenvalue weighted by atomic mass is 9.95. The molecule has 0 fully saturated rings. The number of halogens is 6. The highest BCUT2D eigenvalue weighted by Gasteiger charge is 2.15. The third-order valence-electron chi connectivity index (χ3n) is 7.82. The molecule has 0 saturated heterocycles. The molecule has 0 aliphatic rings. The van der Waals surface area contributed by atoms with E-state index in [0.29, 0.717) is 11.1 Å². The van der Waals surface area contributed by atoms with Crippen molar-refractivity contribution < 1.29 is 26.3 Å². The van der Waals surface area contributed by atoms with Crippen LogP contribution in [0.25, 0.3) is 49.4 Å². The number of nitrogens with zero attached hydrogens (tertiary/aromatic N) is 2. The van der Waals surface area contributed by atoms with Crippen LogP contribution in [0.4, 0.5) is 32.0 Å². The number of hydrogen-bond donors (Lipinski definition) is 2. The zero-order valence-electron chi connectivity index (χ0n) is 26.1. The number of benzene rings is 6. The summed E-state index contributed by atoms with van der Waals surface area (Å²) in [6.45, 7) is 7.21. The molecule has 6 rings (SSSR count). The molecule has 0 amide bonds. The monoisotopic (exact) mass is 676 g/mol. The molecule has 4 N–H and O–H groups in total. The van der Waals surface area contributed by atoms with Gasteiger partial charge in [0.05, 0.1) is 12.1 Å². The van der Waals surface area contributed by atoms with Gasteiger partial charge in [0.2, 0.25) is 5.69 Å². The highest BCUT2D eigenvalue weighted by atomic mass is 19.1. The first-order valence-electron chi connectivity index (χ1n) is 15.0. The molecule has 0 aromatic heterocycles. The predicted molar refractivity (Wildman–Crippen MR) is 181 cm³/mol. The van der Waals surface area contributed by atoms with E-state index in [2.05, 4.69) is 16.3 Å². The van der Waals surface area contributed by atoms with Gasteiger partial charge in [-0.3, -0.25) is 0 Å². The Labute approximate surface area is 284 Å². The molecular weight excluding hydrogens is 650 g/mol. The fraction of sp³-hybridized carbons (Fsp3) is 0.0500. The van der Waals surface area contributed by atoms with E-state index in [-0.39, 0.29) is 68.8 Å². The van der Waals surface area contributed by atoms with Gasteiger partial charge in [0.25, 0.3) is 0 Å². The molecule has 4 nitrogen and oxygen atoms in total. The summed E-state index contributed by atoms with van der Waals surface area (Å²) in [5, 5.41) is 8.91. The second-order valence-corrected chi connectivity index (χ2v) is 11.0. The fourth-order valence-electron chi connectivity index (χ4n) is 5.41. The van der Waals surface area contributed by atoms with Gasteiger partial charge < -0.3 is 11.5 Å². The van der Waals surface area contributed by atoms with Crippen molar-refractivity contribution in [2.45, 2.75) is 6.42 Å². The summed E-state index contributed by atoms with van der Waals surface area (Å²) in [5.41, 5.74) is 11.5. The Hall–Kier alpha value is -6.20. The van der Waals surface area contributed by atoms with Gasteiger partial charge in [0.1, 0.15) is 41.0 Å². The van der Waals surface area contributed by atoms with Crippen LogP contribution in [0, 0.1) is 52.8 Å². The van der Waals surface area contributed by atoms with Gasteiger partial charge in [-0.05, 0) is 82.3 Å². The van der Waals surface area contributed by atoms with Gasteiger partial charge >= 0.3 is 0 Å². The van der Waals surface area contributed by atoms with Crippen molar-refractivity contribution in [1.29, 1.82) is 5.26 Å². The maximum absolute atomic E-state index is 15.2. The molecule has 6 aromatic rings. The molecule has 0 spiro atoms. The van der Waals surface area contributed by atoms with Crippen molar-refractivity contribution in [3.8, 4) is 50.6 Å². The molecule has 10 heteroatoms. The minimum Gasteiger partial charge on any atom is -0.319 e. The predicted octanol–water partition coefficient (Wildman–Crippen LogP) is 10.1. The van der Waals surface area contributed by atoms with Crippen LogP contribution >= 0.6 is 0 Å². The van der Waals surface area contributed by atoms with Gasteiger partial charge in [0.15, 0.2) is 0 Å². The molecule has 0 heterocycles. The largest absolute Gasteiger partial charge is 0.319 e. The van der Waals surface area contributed by atoms with E-state index in [0.717, 1.165) is 24.3 Å². The summed E-state index contributed by atoms with van der Waals surface area (Å²) in [7, 11) is 0. The lowest BCUT2D eigenvalue weighted by Crippen LogP contribution is -2.08. The molecule has 248 valence electrons. The molecule has 0 atom stereocenters. The first-order chi connectivity index (χ1) is 24.1. The normalized spacial score (nSPS) is 10.5. The number of hydrogen-bond acceptors (Lipinski definition) is 3. The van der Waals surface area contributed by atoms with Crippen molar-refractivity contribution in [3.63, 3.8) is 0 Å². The molecule has 0 bridgehead atoms. The third-order valence-corrected chi connectivity index (χ3v) is 7.82. The van der Waals surface area contributed by atoms with E-state index >= 15 is 13.2 Å². The molecule has 6 aromatic carbocycles. The summed E-state index contributed by atoms with van der Waals surface area (Å²) < 4.78 is 88.5. The Morgan fingerprint density at radius 2 is 0.860 bits per heavy atom. The van der Waals surface area contributed by atoms with Crippen LogP contribution in [0.3, 0.4) is 0 Å². The van der Waals surface area contributed by atoms with E-state index in [1.807, 2.05) is 0 Å². The van der Waals surface area contributed by atoms with Gasteiger partial charge in [-0.1, -0.05) is 66.7 Å². The highest BCUT2D eigenvalue weighted by molar-refractivity contribution is 5.74.